The number of halogens is 1. The molecule has 2 saturated heterocycles. The molecule has 7 rings (SSSR count). The summed E-state index contributed by atoms with van der Waals surface area (Å²) in [5.74, 6) is 5.30. The summed E-state index contributed by atoms with van der Waals surface area (Å²) in [5.41, 5.74) is 5.64. The van der Waals surface area contributed by atoms with Gasteiger partial charge in [0.2, 0.25) is 6.79 Å². The van der Waals surface area contributed by atoms with Crippen molar-refractivity contribution in [3.8, 4) is 23.0 Å². The Labute approximate surface area is 220 Å². The Bertz CT molecular complexity index is 1080. The molecule has 0 unspecified atom stereocenters. The maximum absolute atomic E-state index is 5.63. The van der Waals surface area contributed by atoms with E-state index in [-0.39, 0.29) is 12.4 Å². The van der Waals surface area contributed by atoms with Crippen LogP contribution in [0, 0.1) is 11.8 Å². The van der Waals surface area contributed by atoms with Crippen molar-refractivity contribution in [2.24, 2.45) is 11.8 Å². The molecule has 7 heteroatoms. The summed E-state index contributed by atoms with van der Waals surface area (Å²) >= 11 is 0. The summed E-state index contributed by atoms with van der Waals surface area (Å²) < 4.78 is 22.1. The minimum Gasteiger partial charge on any atom is -0.493 e. The van der Waals surface area contributed by atoms with Gasteiger partial charge in [-0.3, -0.25) is 0 Å². The highest BCUT2D eigenvalue weighted by molar-refractivity contribution is 5.85. The molecule has 196 valence electrons. The van der Waals surface area contributed by atoms with Crippen LogP contribution >= 0.6 is 12.4 Å². The SMILES string of the molecule is COc1ccc2c(c1OC)C[C@H]1CCCN[C@@H]1C2.Cl.c1cc2c(c3c1C[C@H]1NCCC[C@@H]1C3)OCO2. The molecule has 0 radical (unpaired) electrons. The smallest absolute Gasteiger partial charge is 0.231 e. The van der Waals surface area contributed by atoms with Crippen LogP contribution in [0.2, 0.25) is 0 Å². The first-order chi connectivity index (χ1) is 17.2. The number of ether oxygens (including phenoxy) is 4. The second-order valence-corrected chi connectivity index (χ2v) is 10.6. The fourth-order valence-electron chi connectivity index (χ4n) is 6.94. The maximum Gasteiger partial charge on any atom is 0.231 e. The van der Waals surface area contributed by atoms with Crippen molar-refractivity contribution < 1.29 is 18.9 Å². The van der Waals surface area contributed by atoms with Gasteiger partial charge < -0.3 is 29.6 Å². The first-order valence-electron chi connectivity index (χ1n) is 13.3. The van der Waals surface area contributed by atoms with Crippen molar-refractivity contribution in [1.29, 1.82) is 0 Å². The van der Waals surface area contributed by atoms with Crippen LogP contribution in [0.25, 0.3) is 0 Å². The van der Waals surface area contributed by atoms with Gasteiger partial charge in [0, 0.05) is 23.2 Å². The molecular weight excluding hydrogens is 476 g/mol. The van der Waals surface area contributed by atoms with E-state index in [0.717, 1.165) is 60.5 Å². The van der Waals surface area contributed by atoms with Gasteiger partial charge in [0.15, 0.2) is 23.0 Å². The molecule has 2 N–H and O–H groups in total. The van der Waals surface area contributed by atoms with Crippen molar-refractivity contribution in [2.45, 2.75) is 63.5 Å². The third-order valence-corrected chi connectivity index (χ3v) is 8.75. The highest BCUT2D eigenvalue weighted by Crippen LogP contribution is 2.43. The number of hydrogen-bond acceptors (Lipinski definition) is 6. The third-order valence-electron chi connectivity index (χ3n) is 8.75. The van der Waals surface area contributed by atoms with E-state index in [1.807, 2.05) is 6.07 Å². The van der Waals surface area contributed by atoms with Gasteiger partial charge in [-0.2, -0.15) is 0 Å². The quantitative estimate of drug-likeness (QED) is 0.616. The molecule has 0 saturated carbocycles. The molecule has 2 fully saturated rings. The summed E-state index contributed by atoms with van der Waals surface area (Å²) in [6.45, 7) is 2.74. The minimum atomic E-state index is 0. The molecule has 4 atom stereocenters. The number of hydrogen-bond donors (Lipinski definition) is 2. The summed E-state index contributed by atoms with van der Waals surface area (Å²) in [4.78, 5) is 0. The van der Waals surface area contributed by atoms with Crippen molar-refractivity contribution >= 4 is 12.4 Å². The lowest BCUT2D eigenvalue weighted by atomic mass is 9.76. The summed E-state index contributed by atoms with van der Waals surface area (Å²) in [7, 11) is 3.45. The standard InChI is InChI=1S/C15H21NO2.C14H17NO2.ClH/c1-17-14-6-5-10-9-13-11(4-3-7-16-13)8-12(10)15(14)18-2;1-2-10-6-11-9(7-12(10)15-5-1)3-4-13-14(11)17-8-16-13;/h5-6,11,13,16H,3-4,7-9H2,1-2H3;3-4,10,12,15H,1-2,5-8H2;1H/t11-,13-;10-,12-;/m11./s1. The molecule has 2 aliphatic carbocycles. The molecule has 36 heavy (non-hydrogen) atoms. The van der Waals surface area contributed by atoms with E-state index in [2.05, 4.69) is 28.8 Å². The van der Waals surface area contributed by atoms with E-state index in [1.54, 1.807) is 14.2 Å². The predicted molar refractivity (Wildman–Crippen MR) is 143 cm³/mol. The van der Waals surface area contributed by atoms with Crippen LogP contribution in [0.5, 0.6) is 23.0 Å². The zero-order valence-corrected chi connectivity index (χ0v) is 22.3. The molecule has 3 aliphatic heterocycles. The van der Waals surface area contributed by atoms with E-state index < -0.39 is 0 Å². The van der Waals surface area contributed by atoms with Crippen LogP contribution in [0.4, 0.5) is 0 Å². The molecule has 2 aromatic rings. The van der Waals surface area contributed by atoms with Crippen LogP contribution < -0.4 is 29.6 Å². The van der Waals surface area contributed by atoms with Crippen LogP contribution in [0.3, 0.4) is 0 Å². The topological polar surface area (TPSA) is 61.0 Å². The van der Waals surface area contributed by atoms with Crippen LogP contribution in [-0.2, 0) is 25.7 Å². The summed E-state index contributed by atoms with van der Waals surface area (Å²) in [5, 5.41) is 7.31. The Hall–Kier alpha value is -2.15. The van der Waals surface area contributed by atoms with Gasteiger partial charge in [-0.1, -0.05) is 12.1 Å². The minimum absolute atomic E-state index is 0. The monoisotopic (exact) mass is 514 g/mol. The average Bonchev–Trinajstić information content (AvgIpc) is 3.40. The Morgan fingerprint density at radius 3 is 2.06 bits per heavy atom. The second-order valence-electron chi connectivity index (χ2n) is 10.6. The zero-order valence-electron chi connectivity index (χ0n) is 21.4. The lowest BCUT2D eigenvalue weighted by molar-refractivity contribution is 0.172. The fraction of sp³-hybridized carbons (Fsp3) is 0.586. The van der Waals surface area contributed by atoms with E-state index >= 15 is 0 Å². The Morgan fingerprint density at radius 1 is 0.750 bits per heavy atom. The van der Waals surface area contributed by atoms with Gasteiger partial charge in [0.25, 0.3) is 0 Å². The first kappa shape index (κ1) is 25.5. The van der Waals surface area contributed by atoms with Gasteiger partial charge in [-0.15, -0.1) is 12.4 Å². The average molecular weight is 515 g/mol. The normalized spacial score (nSPS) is 27.1. The molecular formula is C29H39ClN2O4. The van der Waals surface area contributed by atoms with Gasteiger partial charge in [0.05, 0.1) is 14.2 Å². The van der Waals surface area contributed by atoms with Crippen LogP contribution in [0.1, 0.15) is 47.9 Å². The highest BCUT2D eigenvalue weighted by atomic mass is 35.5. The van der Waals surface area contributed by atoms with Gasteiger partial charge in [-0.25, -0.2) is 0 Å². The Balaban J connectivity index is 0.000000144. The number of methoxy groups -OCH3 is 2. The molecule has 6 nitrogen and oxygen atoms in total. The van der Waals surface area contributed by atoms with Crippen molar-refractivity contribution in [3.63, 3.8) is 0 Å². The fourth-order valence-corrected chi connectivity index (χ4v) is 6.94. The van der Waals surface area contributed by atoms with Crippen molar-refractivity contribution in [2.75, 3.05) is 34.1 Å². The summed E-state index contributed by atoms with van der Waals surface area (Å²) in [6, 6.07) is 9.84. The second kappa shape index (κ2) is 11.1. The van der Waals surface area contributed by atoms with E-state index in [9.17, 15) is 0 Å². The highest BCUT2D eigenvalue weighted by Gasteiger charge is 2.34. The molecule has 3 heterocycles. The van der Waals surface area contributed by atoms with Crippen molar-refractivity contribution in [3.05, 3.63) is 46.5 Å². The molecule has 2 aromatic carbocycles. The predicted octanol–water partition coefficient (Wildman–Crippen LogP) is 4.47. The first-order valence-corrected chi connectivity index (χ1v) is 13.3. The number of fused-ring (bicyclic) bond motifs is 6. The van der Waals surface area contributed by atoms with Gasteiger partial charge >= 0.3 is 0 Å². The molecule has 0 bridgehead atoms. The molecule has 5 aliphatic rings. The van der Waals surface area contributed by atoms with Gasteiger partial charge in [-0.05, 0) is 99.6 Å². The lowest BCUT2D eigenvalue weighted by Crippen LogP contribution is -2.46. The largest absolute Gasteiger partial charge is 0.493 e. The third kappa shape index (κ3) is 4.75. The summed E-state index contributed by atoms with van der Waals surface area (Å²) in [6.07, 6.45) is 9.83. The van der Waals surface area contributed by atoms with E-state index in [1.165, 1.54) is 61.0 Å². The molecule has 0 aromatic heterocycles. The van der Waals surface area contributed by atoms with Crippen molar-refractivity contribution in [1.82, 2.24) is 10.6 Å². The number of rotatable bonds is 2. The molecule has 0 spiro atoms. The van der Waals surface area contributed by atoms with E-state index in [0.29, 0.717) is 18.9 Å². The molecule has 0 amide bonds. The lowest BCUT2D eigenvalue weighted by Gasteiger charge is -2.38. The zero-order chi connectivity index (χ0) is 23.8. The van der Waals surface area contributed by atoms with Crippen LogP contribution in [-0.4, -0.2) is 46.2 Å². The number of nitrogens with one attached hydrogen (secondary N) is 2. The number of benzene rings is 2. The maximum atomic E-state index is 5.63. The van der Waals surface area contributed by atoms with Gasteiger partial charge in [0.1, 0.15) is 0 Å². The number of piperidine rings is 2. The van der Waals surface area contributed by atoms with Crippen LogP contribution in [0.15, 0.2) is 24.3 Å². The Morgan fingerprint density at radius 2 is 1.39 bits per heavy atom. The Kier molecular flexibility index (Phi) is 7.85. The van der Waals surface area contributed by atoms with E-state index in [4.69, 9.17) is 18.9 Å².